The second-order valence-corrected chi connectivity index (χ2v) is 11.6. The van der Waals surface area contributed by atoms with Crippen LogP contribution in [0.4, 0.5) is 4.79 Å². The Kier molecular flexibility index (Phi) is 6.58. The third kappa shape index (κ3) is 4.52. The van der Waals surface area contributed by atoms with E-state index in [1.807, 2.05) is 36.4 Å². The summed E-state index contributed by atoms with van der Waals surface area (Å²) in [6.07, 6.45) is -2.07. The van der Waals surface area contributed by atoms with Gasteiger partial charge in [-0.15, -0.1) is 0 Å². The first-order valence-corrected chi connectivity index (χ1v) is 10.6. The number of amides is 1. The molecule has 0 saturated carbocycles. The molecule has 1 unspecified atom stereocenters. The number of hydrogen-bond donors (Lipinski definition) is 3. The molecule has 1 amide bonds. The van der Waals surface area contributed by atoms with E-state index in [1.54, 1.807) is 0 Å². The van der Waals surface area contributed by atoms with Gasteiger partial charge in [0.25, 0.3) is 8.32 Å². The van der Waals surface area contributed by atoms with Gasteiger partial charge in [-0.1, -0.05) is 81.4 Å². The Balaban J connectivity index is 2.42. The van der Waals surface area contributed by atoms with E-state index in [2.05, 4.69) is 50.4 Å². The van der Waals surface area contributed by atoms with Crippen molar-refractivity contribution in [3.63, 3.8) is 0 Å². The van der Waals surface area contributed by atoms with Crippen LogP contribution >= 0.6 is 0 Å². The highest BCUT2D eigenvalue weighted by Gasteiger charge is 2.50. The Morgan fingerprint density at radius 2 is 1.50 bits per heavy atom. The molecule has 0 heterocycles. The molecule has 0 saturated heterocycles. The number of aliphatic hydroxyl groups is 1. The van der Waals surface area contributed by atoms with Crippen molar-refractivity contribution in [3.05, 3.63) is 60.7 Å². The van der Waals surface area contributed by atoms with Crippen LogP contribution in [0.5, 0.6) is 0 Å². The van der Waals surface area contributed by atoms with Gasteiger partial charge in [0.15, 0.2) is 0 Å². The molecule has 0 fully saturated rings. The van der Waals surface area contributed by atoms with E-state index in [1.165, 1.54) is 0 Å². The van der Waals surface area contributed by atoms with Crippen LogP contribution in [0.1, 0.15) is 20.8 Å². The highest BCUT2D eigenvalue weighted by Crippen LogP contribution is 2.36. The first-order valence-electron chi connectivity index (χ1n) is 8.67. The van der Waals surface area contributed by atoms with Crippen molar-refractivity contribution in [2.75, 3.05) is 13.2 Å². The molecule has 0 spiro atoms. The lowest BCUT2D eigenvalue weighted by molar-refractivity contribution is 0.0995. The highest BCUT2D eigenvalue weighted by atomic mass is 28.4. The Labute approximate surface area is 155 Å². The predicted molar refractivity (Wildman–Crippen MR) is 106 cm³/mol. The first-order chi connectivity index (χ1) is 12.3. The van der Waals surface area contributed by atoms with Crippen LogP contribution in [0.3, 0.4) is 0 Å². The molecular formula is C20H27NO4Si. The van der Waals surface area contributed by atoms with Crippen LogP contribution in [0, 0.1) is 0 Å². The predicted octanol–water partition coefficient (Wildman–Crippen LogP) is 2.19. The number of carbonyl (C=O) groups is 1. The number of benzene rings is 2. The fourth-order valence-corrected chi connectivity index (χ4v) is 7.84. The van der Waals surface area contributed by atoms with Crippen molar-refractivity contribution in [1.29, 1.82) is 0 Å². The van der Waals surface area contributed by atoms with Gasteiger partial charge < -0.3 is 20.0 Å². The maximum absolute atomic E-state index is 10.7. The molecule has 140 valence electrons. The average molecular weight is 374 g/mol. The minimum absolute atomic E-state index is 0.0620. The van der Waals surface area contributed by atoms with E-state index in [0.29, 0.717) is 0 Å². The van der Waals surface area contributed by atoms with Crippen molar-refractivity contribution < 1.29 is 19.4 Å². The minimum Gasteiger partial charge on any atom is -0.465 e. The van der Waals surface area contributed by atoms with Crippen LogP contribution in [0.25, 0.3) is 0 Å². The third-order valence-corrected chi connectivity index (χ3v) is 9.40. The second kappa shape index (κ2) is 8.49. The molecule has 2 aromatic rings. The molecular weight excluding hydrogens is 346 g/mol. The summed E-state index contributed by atoms with van der Waals surface area (Å²) >= 11 is 0. The minimum atomic E-state index is -2.70. The summed E-state index contributed by atoms with van der Waals surface area (Å²) in [5.41, 5.74) is 0. The van der Waals surface area contributed by atoms with Gasteiger partial charge in [-0.25, -0.2) is 4.79 Å². The molecule has 26 heavy (non-hydrogen) atoms. The van der Waals surface area contributed by atoms with E-state index in [0.717, 1.165) is 10.4 Å². The number of hydrogen-bond acceptors (Lipinski definition) is 3. The lowest BCUT2D eigenvalue weighted by Gasteiger charge is -2.43. The maximum atomic E-state index is 10.7. The van der Waals surface area contributed by atoms with Crippen molar-refractivity contribution in [3.8, 4) is 0 Å². The van der Waals surface area contributed by atoms with Gasteiger partial charge in [0, 0.05) is 6.54 Å². The van der Waals surface area contributed by atoms with Gasteiger partial charge in [-0.2, -0.15) is 0 Å². The second-order valence-electron chi connectivity index (χ2n) is 7.31. The highest BCUT2D eigenvalue weighted by molar-refractivity contribution is 6.99. The van der Waals surface area contributed by atoms with E-state index in [4.69, 9.17) is 9.53 Å². The van der Waals surface area contributed by atoms with Gasteiger partial charge in [-0.3, -0.25) is 0 Å². The van der Waals surface area contributed by atoms with Crippen LogP contribution in [0.2, 0.25) is 5.04 Å². The quantitative estimate of drug-likeness (QED) is 0.650. The van der Waals surface area contributed by atoms with Gasteiger partial charge in [0.1, 0.15) is 0 Å². The van der Waals surface area contributed by atoms with Gasteiger partial charge in [-0.05, 0) is 15.4 Å². The Bertz CT molecular complexity index is 661. The summed E-state index contributed by atoms with van der Waals surface area (Å²) in [5, 5.41) is 23.2. The van der Waals surface area contributed by atoms with Crippen molar-refractivity contribution in [2.24, 2.45) is 0 Å². The molecule has 0 radical (unpaired) electrons. The lowest BCUT2D eigenvalue weighted by atomic mass is 10.2. The van der Waals surface area contributed by atoms with Crippen molar-refractivity contribution >= 4 is 24.8 Å². The third-order valence-electron chi connectivity index (χ3n) is 4.40. The topological polar surface area (TPSA) is 78.8 Å². The summed E-state index contributed by atoms with van der Waals surface area (Å²) in [4.78, 5) is 10.7. The van der Waals surface area contributed by atoms with E-state index in [9.17, 15) is 9.90 Å². The molecule has 1 atom stereocenters. The van der Waals surface area contributed by atoms with Gasteiger partial charge >= 0.3 is 6.09 Å². The summed E-state index contributed by atoms with van der Waals surface area (Å²) in [6, 6.07) is 20.2. The van der Waals surface area contributed by atoms with Crippen molar-refractivity contribution in [1.82, 2.24) is 5.32 Å². The lowest BCUT2D eigenvalue weighted by Crippen LogP contribution is -2.67. The molecule has 2 aromatic carbocycles. The summed E-state index contributed by atoms with van der Waals surface area (Å²) in [6.45, 7) is 6.46. The van der Waals surface area contributed by atoms with Crippen LogP contribution in [-0.2, 0) is 4.43 Å². The molecule has 0 aliphatic heterocycles. The molecule has 0 aromatic heterocycles. The summed E-state index contributed by atoms with van der Waals surface area (Å²) in [5.74, 6) is 0. The number of nitrogens with one attached hydrogen (secondary N) is 1. The smallest absolute Gasteiger partial charge is 0.404 e. The van der Waals surface area contributed by atoms with Crippen molar-refractivity contribution in [2.45, 2.75) is 31.9 Å². The fraction of sp³-hybridized carbons (Fsp3) is 0.350. The molecule has 5 nitrogen and oxygen atoms in total. The van der Waals surface area contributed by atoms with E-state index < -0.39 is 20.5 Å². The van der Waals surface area contributed by atoms with E-state index in [-0.39, 0.29) is 18.2 Å². The summed E-state index contributed by atoms with van der Waals surface area (Å²) in [7, 11) is -2.70. The molecule has 6 heteroatoms. The maximum Gasteiger partial charge on any atom is 0.404 e. The summed E-state index contributed by atoms with van der Waals surface area (Å²) < 4.78 is 6.52. The number of aliphatic hydroxyl groups excluding tert-OH is 1. The fourth-order valence-electron chi connectivity index (χ4n) is 3.25. The zero-order valence-electron chi connectivity index (χ0n) is 15.5. The van der Waals surface area contributed by atoms with Gasteiger partial charge in [0.05, 0.1) is 12.7 Å². The van der Waals surface area contributed by atoms with Crippen LogP contribution in [-0.4, -0.2) is 43.9 Å². The largest absolute Gasteiger partial charge is 0.465 e. The average Bonchev–Trinajstić information content (AvgIpc) is 2.61. The van der Waals surface area contributed by atoms with Crippen LogP contribution < -0.4 is 15.7 Å². The molecule has 0 bridgehead atoms. The zero-order valence-corrected chi connectivity index (χ0v) is 16.5. The Morgan fingerprint density at radius 1 is 1.04 bits per heavy atom. The van der Waals surface area contributed by atoms with E-state index >= 15 is 0 Å². The molecule has 0 aliphatic rings. The first kappa shape index (κ1) is 20.2. The Hall–Kier alpha value is -2.15. The monoisotopic (exact) mass is 373 g/mol. The van der Waals surface area contributed by atoms with Crippen LogP contribution in [0.15, 0.2) is 60.7 Å². The normalized spacial score (nSPS) is 13.2. The molecule has 3 N–H and O–H groups in total. The SMILES string of the molecule is CC(C)(C)[Si](OCC(O)CNC(=O)O)(c1ccccc1)c1ccccc1. The standard InChI is InChI=1S/C20H27NO4Si/c1-20(2,3)26(17-10-6-4-7-11-17,18-12-8-5-9-13-18)25-15-16(22)14-21-19(23)24/h4-13,16,21-22H,14-15H2,1-3H3,(H,23,24). The Morgan fingerprint density at radius 3 is 1.88 bits per heavy atom. The molecule has 2 rings (SSSR count). The zero-order chi connectivity index (χ0) is 19.2. The number of carboxylic acid groups (broad SMARTS) is 1. The van der Waals surface area contributed by atoms with Gasteiger partial charge in [0.2, 0.25) is 0 Å². The molecule has 0 aliphatic carbocycles. The number of rotatable bonds is 7.